The highest BCUT2D eigenvalue weighted by Gasteiger charge is 2.29. The third-order valence-electron chi connectivity index (χ3n) is 3.94. The number of hydrogen-bond donors (Lipinski definition) is 2. The van der Waals surface area contributed by atoms with Gasteiger partial charge in [-0.2, -0.15) is 0 Å². The zero-order valence-corrected chi connectivity index (χ0v) is 11.5. The van der Waals surface area contributed by atoms with E-state index in [0.717, 1.165) is 18.7 Å². The van der Waals surface area contributed by atoms with E-state index in [1.165, 1.54) is 12.8 Å². The molecule has 0 radical (unpaired) electrons. The fourth-order valence-electron chi connectivity index (χ4n) is 2.94. The average Bonchev–Trinajstić information content (AvgIpc) is 2.88. The van der Waals surface area contributed by atoms with Crippen LogP contribution in [-0.2, 0) is 4.79 Å². The van der Waals surface area contributed by atoms with Crippen LogP contribution in [0.5, 0.6) is 0 Å². The van der Waals surface area contributed by atoms with E-state index in [1.54, 1.807) is 0 Å². The molecule has 1 saturated carbocycles. The predicted molar refractivity (Wildman–Crippen MR) is 77.9 cm³/mol. The van der Waals surface area contributed by atoms with Crippen LogP contribution in [0.15, 0.2) is 30.3 Å². The number of hydrogen-bond acceptors (Lipinski definition) is 3. The molecule has 2 atom stereocenters. The Morgan fingerprint density at radius 1 is 1.37 bits per heavy atom. The second-order valence-corrected chi connectivity index (χ2v) is 5.32. The zero-order valence-electron chi connectivity index (χ0n) is 11.5. The molecular weight excluding hydrogens is 238 g/mol. The number of carbonyl (C=O) groups excluding carboxylic acids is 1. The fourth-order valence-corrected chi connectivity index (χ4v) is 2.94. The topological polar surface area (TPSA) is 58.4 Å². The van der Waals surface area contributed by atoms with E-state index in [4.69, 9.17) is 5.73 Å². The predicted octanol–water partition coefficient (Wildman–Crippen LogP) is 1.68. The molecule has 0 saturated heterocycles. The van der Waals surface area contributed by atoms with Crippen molar-refractivity contribution in [1.82, 2.24) is 4.90 Å². The van der Waals surface area contributed by atoms with Crippen LogP contribution in [0.4, 0.5) is 5.69 Å². The number of nitrogens with two attached hydrogens (primary N) is 1. The molecule has 3 N–H and O–H groups in total. The van der Waals surface area contributed by atoms with Gasteiger partial charge >= 0.3 is 0 Å². The molecule has 2 unspecified atom stereocenters. The van der Waals surface area contributed by atoms with Crippen molar-refractivity contribution in [2.75, 3.05) is 25.5 Å². The molecule has 0 aromatic heterocycles. The summed E-state index contributed by atoms with van der Waals surface area (Å²) >= 11 is 0. The lowest BCUT2D eigenvalue weighted by atomic mass is 10.0. The zero-order chi connectivity index (χ0) is 13.7. The number of likely N-dealkylation sites (N-methyl/N-ethyl adjacent to an activating group) is 1. The van der Waals surface area contributed by atoms with Crippen LogP contribution in [0.2, 0.25) is 0 Å². The van der Waals surface area contributed by atoms with Crippen LogP contribution in [0.25, 0.3) is 0 Å². The first-order valence-corrected chi connectivity index (χ1v) is 6.96. The summed E-state index contributed by atoms with van der Waals surface area (Å²) in [4.78, 5) is 14.1. The lowest BCUT2D eigenvalue weighted by Crippen LogP contribution is -2.41. The molecular formula is C15H23N3O. The molecule has 0 spiro atoms. The lowest BCUT2D eigenvalue weighted by Gasteiger charge is -2.28. The Morgan fingerprint density at radius 3 is 2.79 bits per heavy atom. The van der Waals surface area contributed by atoms with Crippen molar-refractivity contribution >= 4 is 11.6 Å². The molecule has 1 aliphatic carbocycles. The maximum atomic E-state index is 12.0. The largest absolute Gasteiger partial charge is 0.330 e. The fraction of sp³-hybridized carbons (Fsp3) is 0.533. The van der Waals surface area contributed by atoms with Crippen molar-refractivity contribution in [1.29, 1.82) is 0 Å². The van der Waals surface area contributed by atoms with Crippen LogP contribution in [-0.4, -0.2) is 37.0 Å². The lowest BCUT2D eigenvalue weighted by molar-refractivity contribution is -0.117. The first-order valence-electron chi connectivity index (χ1n) is 6.96. The molecule has 4 nitrogen and oxygen atoms in total. The molecule has 1 aromatic rings. The second-order valence-electron chi connectivity index (χ2n) is 5.32. The SMILES string of the molecule is CN(CC(=O)Nc1ccccc1)C1CCCC1CN. The van der Waals surface area contributed by atoms with Gasteiger partial charge in [-0.15, -0.1) is 0 Å². The van der Waals surface area contributed by atoms with Gasteiger partial charge in [-0.05, 0) is 44.5 Å². The summed E-state index contributed by atoms with van der Waals surface area (Å²) in [5.41, 5.74) is 6.64. The third kappa shape index (κ3) is 3.78. The van der Waals surface area contributed by atoms with Gasteiger partial charge in [0.1, 0.15) is 0 Å². The minimum atomic E-state index is 0.0383. The molecule has 0 heterocycles. The summed E-state index contributed by atoms with van der Waals surface area (Å²) < 4.78 is 0. The Balaban J connectivity index is 1.85. The molecule has 104 valence electrons. The third-order valence-corrected chi connectivity index (χ3v) is 3.94. The van der Waals surface area contributed by atoms with Gasteiger partial charge in [0.2, 0.25) is 5.91 Å². The molecule has 1 fully saturated rings. The van der Waals surface area contributed by atoms with Gasteiger partial charge in [-0.1, -0.05) is 24.6 Å². The number of benzene rings is 1. The Labute approximate surface area is 115 Å². The Morgan fingerprint density at radius 2 is 2.11 bits per heavy atom. The average molecular weight is 261 g/mol. The van der Waals surface area contributed by atoms with Crippen molar-refractivity contribution < 1.29 is 4.79 Å². The Bertz CT molecular complexity index is 407. The minimum absolute atomic E-state index is 0.0383. The van der Waals surface area contributed by atoms with Crippen molar-refractivity contribution in [2.45, 2.75) is 25.3 Å². The molecule has 0 aliphatic heterocycles. The van der Waals surface area contributed by atoms with E-state index in [0.29, 0.717) is 18.5 Å². The van der Waals surface area contributed by atoms with Crippen LogP contribution in [0, 0.1) is 5.92 Å². The number of rotatable bonds is 5. The maximum absolute atomic E-state index is 12.0. The molecule has 0 bridgehead atoms. The standard InChI is InChI=1S/C15H23N3O/c1-18(14-9-5-6-12(14)10-16)11-15(19)17-13-7-3-2-4-8-13/h2-4,7-8,12,14H,5-6,9-11,16H2,1H3,(H,17,19). The number of carbonyl (C=O) groups is 1. The summed E-state index contributed by atoms with van der Waals surface area (Å²) in [6.45, 7) is 1.14. The van der Waals surface area contributed by atoms with Gasteiger partial charge in [0.25, 0.3) is 0 Å². The number of nitrogens with one attached hydrogen (secondary N) is 1. The minimum Gasteiger partial charge on any atom is -0.330 e. The molecule has 1 aromatic carbocycles. The van der Waals surface area contributed by atoms with Crippen LogP contribution < -0.4 is 11.1 Å². The molecule has 2 rings (SSSR count). The van der Waals surface area contributed by atoms with Crippen molar-refractivity contribution in [3.63, 3.8) is 0 Å². The van der Waals surface area contributed by atoms with E-state index in [2.05, 4.69) is 10.2 Å². The van der Waals surface area contributed by atoms with Gasteiger partial charge in [-0.25, -0.2) is 0 Å². The second kappa shape index (κ2) is 6.68. The van der Waals surface area contributed by atoms with E-state index < -0.39 is 0 Å². The molecule has 19 heavy (non-hydrogen) atoms. The first-order chi connectivity index (χ1) is 9.20. The summed E-state index contributed by atoms with van der Waals surface area (Å²) in [5, 5.41) is 2.92. The summed E-state index contributed by atoms with van der Waals surface area (Å²) in [6, 6.07) is 10.0. The van der Waals surface area contributed by atoms with Crippen LogP contribution in [0.3, 0.4) is 0 Å². The van der Waals surface area contributed by atoms with Gasteiger partial charge in [0.05, 0.1) is 6.54 Å². The number of para-hydroxylation sites is 1. The monoisotopic (exact) mass is 261 g/mol. The van der Waals surface area contributed by atoms with E-state index in [1.807, 2.05) is 37.4 Å². The summed E-state index contributed by atoms with van der Waals surface area (Å²) in [7, 11) is 2.02. The highest BCUT2D eigenvalue weighted by Crippen LogP contribution is 2.28. The first kappa shape index (κ1) is 14.0. The summed E-state index contributed by atoms with van der Waals surface area (Å²) in [5.74, 6) is 0.575. The van der Waals surface area contributed by atoms with Gasteiger partial charge in [0.15, 0.2) is 0 Å². The van der Waals surface area contributed by atoms with Gasteiger partial charge in [-0.3, -0.25) is 9.69 Å². The number of anilines is 1. The molecule has 4 heteroatoms. The van der Waals surface area contributed by atoms with Gasteiger partial charge < -0.3 is 11.1 Å². The van der Waals surface area contributed by atoms with Crippen LogP contribution in [0.1, 0.15) is 19.3 Å². The number of amides is 1. The van der Waals surface area contributed by atoms with E-state index in [-0.39, 0.29) is 5.91 Å². The van der Waals surface area contributed by atoms with Crippen LogP contribution >= 0.6 is 0 Å². The highest BCUT2D eigenvalue weighted by molar-refractivity contribution is 5.92. The smallest absolute Gasteiger partial charge is 0.238 e. The van der Waals surface area contributed by atoms with E-state index >= 15 is 0 Å². The normalized spacial score (nSPS) is 22.7. The highest BCUT2D eigenvalue weighted by atomic mass is 16.2. The molecule has 1 aliphatic rings. The van der Waals surface area contributed by atoms with E-state index in [9.17, 15) is 4.79 Å². The molecule has 1 amide bonds. The Hall–Kier alpha value is -1.39. The van der Waals surface area contributed by atoms with Crippen molar-refractivity contribution in [3.8, 4) is 0 Å². The Kier molecular flexibility index (Phi) is 4.93. The number of nitrogens with zero attached hydrogens (tertiary/aromatic N) is 1. The van der Waals surface area contributed by atoms with Crippen molar-refractivity contribution in [2.24, 2.45) is 11.7 Å². The quantitative estimate of drug-likeness (QED) is 0.848. The van der Waals surface area contributed by atoms with Gasteiger partial charge in [0, 0.05) is 11.7 Å². The van der Waals surface area contributed by atoms with Crippen molar-refractivity contribution in [3.05, 3.63) is 30.3 Å². The maximum Gasteiger partial charge on any atom is 0.238 e. The summed E-state index contributed by atoms with van der Waals surface area (Å²) in [6.07, 6.45) is 3.56.